The first-order valence-corrected chi connectivity index (χ1v) is 5.81. The molecule has 0 bridgehead atoms. The predicted octanol–water partition coefficient (Wildman–Crippen LogP) is 2.36. The van der Waals surface area contributed by atoms with E-state index in [9.17, 15) is 0 Å². The first-order chi connectivity index (χ1) is 6.52. The van der Waals surface area contributed by atoms with E-state index in [-0.39, 0.29) is 11.1 Å². The van der Waals surface area contributed by atoms with Gasteiger partial charge >= 0.3 is 0 Å². The second-order valence-electron chi connectivity index (χ2n) is 4.81. The normalized spacial score (nSPS) is 31.6. The summed E-state index contributed by atoms with van der Waals surface area (Å²) in [4.78, 5) is 1.35. The van der Waals surface area contributed by atoms with Crippen molar-refractivity contribution in [2.75, 3.05) is 13.2 Å². The largest absolute Gasteiger partial charge is 0.377 e. The summed E-state index contributed by atoms with van der Waals surface area (Å²) < 4.78 is 5.67. The molecule has 0 aromatic carbocycles. The van der Waals surface area contributed by atoms with Crippen molar-refractivity contribution < 1.29 is 4.74 Å². The summed E-state index contributed by atoms with van der Waals surface area (Å²) in [6, 6.07) is 4.26. The Balaban J connectivity index is 2.24. The van der Waals surface area contributed by atoms with E-state index in [1.54, 1.807) is 11.3 Å². The number of rotatable bonds is 1. The molecule has 1 fully saturated rings. The highest BCUT2D eigenvalue weighted by atomic mass is 32.1. The van der Waals surface area contributed by atoms with Crippen molar-refractivity contribution in [1.29, 1.82) is 0 Å². The molecule has 1 aliphatic heterocycles. The Morgan fingerprint density at radius 2 is 2.14 bits per heavy atom. The first-order valence-electron chi connectivity index (χ1n) is 4.93. The maximum atomic E-state index is 5.67. The van der Waals surface area contributed by atoms with Crippen molar-refractivity contribution in [3.63, 3.8) is 0 Å². The average molecular weight is 211 g/mol. The molecule has 1 saturated heterocycles. The fourth-order valence-electron chi connectivity index (χ4n) is 2.05. The molecule has 1 aromatic rings. The zero-order chi connectivity index (χ0) is 10.2. The minimum Gasteiger partial charge on any atom is -0.377 e. The third-order valence-electron chi connectivity index (χ3n) is 2.53. The fourth-order valence-corrected chi connectivity index (χ4v) is 2.89. The maximum Gasteiger partial charge on any atom is 0.0741 e. The molecule has 1 N–H and O–H groups in total. The van der Waals surface area contributed by atoms with Crippen LogP contribution < -0.4 is 5.32 Å². The molecule has 1 unspecified atom stereocenters. The van der Waals surface area contributed by atoms with Crippen LogP contribution in [0.15, 0.2) is 17.5 Å². The zero-order valence-electron chi connectivity index (χ0n) is 8.96. The Bertz CT molecular complexity index is 307. The van der Waals surface area contributed by atoms with Crippen molar-refractivity contribution in [3.8, 4) is 0 Å². The molecular weight excluding hydrogens is 194 g/mol. The quantitative estimate of drug-likeness (QED) is 0.770. The molecule has 1 aromatic heterocycles. The summed E-state index contributed by atoms with van der Waals surface area (Å²) in [6.07, 6.45) is 0. The highest BCUT2D eigenvalue weighted by Crippen LogP contribution is 2.31. The lowest BCUT2D eigenvalue weighted by molar-refractivity contribution is -0.0250. The van der Waals surface area contributed by atoms with Gasteiger partial charge < -0.3 is 4.74 Å². The Morgan fingerprint density at radius 3 is 2.71 bits per heavy atom. The molecule has 0 spiro atoms. The fraction of sp³-hybridized carbons (Fsp3) is 0.636. The van der Waals surface area contributed by atoms with Crippen LogP contribution >= 0.6 is 11.3 Å². The Labute approximate surface area is 89.3 Å². The average Bonchev–Trinajstić information content (AvgIpc) is 2.52. The summed E-state index contributed by atoms with van der Waals surface area (Å²) >= 11 is 1.79. The van der Waals surface area contributed by atoms with Gasteiger partial charge in [0.15, 0.2) is 0 Å². The van der Waals surface area contributed by atoms with Crippen molar-refractivity contribution in [2.24, 2.45) is 0 Å². The number of nitrogens with one attached hydrogen (secondary N) is 1. The van der Waals surface area contributed by atoms with E-state index in [1.165, 1.54) is 4.88 Å². The summed E-state index contributed by atoms with van der Waals surface area (Å²) in [5.74, 6) is 0. The molecule has 0 saturated carbocycles. The van der Waals surface area contributed by atoms with Gasteiger partial charge in [0.2, 0.25) is 0 Å². The van der Waals surface area contributed by atoms with Crippen LogP contribution in [0.2, 0.25) is 0 Å². The highest BCUT2D eigenvalue weighted by molar-refractivity contribution is 7.10. The number of thiophene rings is 1. The minimum absolute atomic E-state index is 0.0179. The van der Waals surface area contributed by atoms with Crippen molar-refractivity contribution in [2.45, 2.75) is 31.8 Å². The molecule has 14 heavy (non-hydrogen) atoms. The number of hydrogen-bond donors (Lipinski definition) is 1. The second-order valence-corrected chi connectivity index (χ2v) is 5.76. The Morgan fingerprint density at radius 1 is 1.36 bits per heavy atom. The smallest absolute Gasteiger partial charge is 0.0741 e. The lowest BCUT2D eigenvalue weighted by Gasteiger charge is -2.43. The molecule has 0 amide bonds. The van der Waals surface area contributed by atoms with E-state index in [1.807, 2.05) is 0 Å². The SMILES string of the molecule is CC1(C)COCC(C)(c2cccs2)N1. The van der Waals surface area contributed by atoms with Gasteiger partial charge in [-0.2, -0.15) is 0 Å². The molecule has 0 aliphatic carbocycles. The van der Waals surface area contributed by atoms with Crippen LogP contribution in [0.3, 0.4) is 0 Å². The molecule has 78 valence electrons. The summed E-state index contributed by atoms with van der Waals surface area (Å²) in [7, 11) is 0. The van der Waals surface area contributed by atoms with Crippen LogP contribution in [0.1, 0.15) is 25.6 Å². The third-order valence-corrected chi connectivity index (χ3v) is 3.67. The van der Waals surface area contributed by atoms with Gasteiger partial charge in [0, 0.05) is 10.4 Å². The van der Waals surface area contributed by atoms with Gasteiger partial charge in [-0.15, -0.1) is 11.3 Å². The van der Waals surface area contributed by atoms with E-state index >= 15 is 0 Å². The van der Waals surface area contributed by atoms with Crippen LogP contribution in [-0.4, -0.2) is 18.8 Å². The van der Waals surface area contributed by atoms with Gasteiger partial charge in [-0.3, -0.25) is 5.32 Å². The van der Waals surface area contributed by atoms with Crippen LogP contribution in [0.4, 0.5) is 0 Å². The molecule has 1 aliphatic rings. The van der Waals surface area contributed by atoms with Crippen LogP contribution in [0.25, 0.3) is 0 Å². The summed E-state index contributed by atoms with van der Waals surface area (Å²) in [6.45, 7) is 8.11. The standard InChI is InChI=1S/C11H17NOS/c1-10(2)7-13-8-11(3,12-10)9-5-4-6-14-9/h4-6,12H,7-8H2,1-3H3. The number of ether oxygens (including phenoxy) is 1. The molecule has 2 rings (SSSR count). The van der Waals surface area contributed by atoms with Crippen molar-refractivity contribution >= 4 is 11.3 Å². The van der Waals surface area contributed by atoms with E-state index in [0.29, 0.717) is 0 Å². The lowest BCUT2D eigenvalue weighted by atomic mass is 9.93. The van der Waals surface area contributed by atoms with E-state index in [4.69, 9.17) is 4.74 Å². The van der Waals surface area contributed by atoms with Crippen LogP contribution in [0.5, 0.6) is 0 Å². The van der Waals surface area contributed by atoms with Crippen LogP contribution in [0, 0.1) is 0 Å². The van der Waals surface area contributed by atoms with Gasteiger partial charge in [-0.25, -0.2) is 0 Å². The number of morpholine rings is 1. The molecule has 1 atom stereocenters. The van der Waals surface area contributed by atoms with E-state index in [2.05, 4.69) is 43.6 Å². The second kappa shape index (κ2) is 3.33. The molecule has 0 radical (unpaired) electrons. The summed E-state index contributed by atoms with van der Waals surface area (Å²) in [5.41, 5.74) is 0.0485. The lowest BCUT2D eigenvalue weighted by Crippen LogP contribution is -2.60. The van der Waals surface area contributed by atoms with Gasteiger partial charge in [0.25, 0.3) is 0 Å². The highest BCUT2D eigenvalue weighted by Gasteiger charge is 2.38. The van der Waals surface area contributed by atoms with E-state index in [0.717, 1.165) is 13.2 Å². The predicted molar refractivity (Wildman–Crippen MR) is 59.7 cm³/mol. The monoisotopic (exact) mass is 211 g/mol. The molecule has 3 heteroatoms. The van der Waals surface area contributed by atoms with Gasteiger partial charge in [-0.1, -0.05) is 6.07 Å². The third kappa shape index (κ3) is 1.85. The van der Waals surface area contributed by atoms with Gasteiger partial charge in [-0.05, 0) is 32.2 Å². The molecule has 2 nitrogen and oxygen atoms in total. The molecule has 2 heterocycles. The Hall–Kier alpha value is -0.380. The van der Waals surface area contributed by atoms with Crippen LogP contribution in [-0.2, 0) is 10.3 Å². The van der Waals surface area contributed by atoms with Gasteiger partial charge in [0.05, 0.1) is 18.8 Å². The zero-order valence-corrected chi connectivity index (χ0v) is 9.78. The van der Waals surface area contributed by atoms with Gasteiger partial charge in [0.1, 0.15) is 0 Å². The maximum absolute atomic E-state index is 5.67. The topological polar surface area (TPSA) is 21.3 Å². The van der Waals surface area contributed by atoms with Crippen molar-refractivity contribution in [1.82, 2.24) is 5.32 Å². The molecular formula is C11H17NOS. The summed E-state index contributed by atoms with van der Waals surface area (Å²) in [5, 5.41) is 5.77. The first kappa shape index (κ1) is 10.1. The van der Waals surface area contributed by atoms with Crippen molar-refractivity contribution in [3.05, 3.63) is 22.4 Å². The Kier molecular flexibility index (Phi) is 2.41. The number of hydrogen-bond acceptors (Lipinski definition) is 3. The minimum atomic E-state index is -0.0179. The van der Waals surface area contributed by atoms with E-state index < -0.39 is 0 Å².